The number of carbonyl (C=O) groups excluding carboxylic acids is 1. The van der Waals surface area contributed by atoms with E-state index >= 15 is 0 Å². The fourth-order valence-corrected chi connectivity index (χ4v) is 3.53. The van der Waals surface area contributed by atoms with Gasteiger partial charge in [0.15, 0.2) is 0 Å². The highest BCUT2D eigenvalue weighted by molar-refractivity contribution is 5.75. The van der Waals surface area contributed by atoms with Crippen molar-refractivity contribution in [1.82, 2.24) is 10.2 Å². The zero-order valence-corrected chi connectivity index (χ0v) is 15.5. The Labute approximate surface area is 146 Å². The molecule has 2 amide bonds. The topological polar surface area (TPSA) is 52.6 Å². The lowest BCUT2D eigenvalue weighted by molar-refractivity contribution is 0.147. The molecule has 1 aromatic carbocycles. The zero-order chi connectivity index (χ0) is 17.7. The lowest BCUT2D eigenvalue weighted by atomic mass is 9.89. The number of nitrogens with zero attached hydrogens (tertiary/aromatic N) is 1. The molecule has 0 radical (unpaired) electrons. The number of rotatable bonds is 6. The Kier molecular flexibility index (Phi) is 6.27. The van der Waals surface area contributed by atoms with E-state index in [-0.39, 0.29) is 24.1 Å². The van der Waals surface area contributed by atoms with Crippen molar-refractivity contribution in [2.75, 3.05) is 19.7 Å². The molecule has 1 heterocycles. The van der Waals surface area contributed by atoms with E-state index in [0.717, 1.165) is 25.8 Å². The van der Waals surface area contributed by atoms with Crippen molar-refractivity contribution < 1.29 is 9.90 Å². The summed E-state index contributed by atoms with van der Waals surface area (Å²) in [6.07, 6.45) is 2.82. The second-order valence-corrected chi connectivity index (χ2v) is 7.95. The molecule has 134 valence electrons. The molecule has 0 aromatic heterocycles. The number of hydrogen-bond donors (Lipinski definition) is 2. The zero-order valence-electron chi connectivity index (χ0n) is 15.5. The van der Waals surface area contributed by atoms with E-state index in [0.29, 0.717) is 12.5 Å². The summed E-state index contributed by atoms with van der Waals surface area (Å²) < 4.78 is 0. The first-order valence-corrected chi connectivity index (χ1v) is 9.05. The van der Waals surface area contributed by atoms with Crippen molar-refractivity contribution in [3.05, 3.63) is 35.4 Å². The van der Waals surface area contributed by atoms with Crippen molar-refractivity contribution in [2.45, 2.75) is 58.9 Å². The van der Waals surface area contributed by atoms with E-state index in [1.54, 1.807) is 0 Å². The number of urea groups is 1. The highest BCUT2D eigenvalue weighted by atomic mass is 16.3. The summed E-state index contributed by atoms with van der Waals surface area (Å²) in [5, 5.41) is 12.3. The van der Waals surface area contributed by atoms with E-state index in [1.807, 2.05) is 18.7 Å². The number of likely N-dealkylation sites (tertiary alicyclic amines) is 1. The van der Waals surface area contributed by atoms with Gasteiger partial charge in [0.05, 0.1) is 0 Å². The van der Waals surface area contributed by atoms with Crippen molar-refractivity contribution in [2.24, 2.45) is 5.41 Å². The number of aryl methyl sites for hydroxylation is 1. The maximum atomic E-state index is 12.5. The van der Waals surface area contributed by atoms with Gasteiger partial charge in [0.2, 0.25) is 0 Å². The molecule has 1 aliphatic rings. The Bertz CT molecular complexity index is 556. The Morgan fingerprint density at radius 2 is 2.08 bits per heavy atom. The molecule has 2 rings (SSSR count). The van der Waals surface area contributed by atoms with E-state index < -0.39 is 0 Å². The van der Waals surface area contributed by atoms with E-state index in [2.05, 4.69) is 43.4 Å². The summed E-state index contributed by atoms with van der Waals surface area (Å²) in [5.41, 5.74) is 2.61. The molecule has 1 aromatic rings. The molecule has 1 aliphatic heterocycles. The van der Waals surface area contributed by atoms with Gasteiger partial charge in [-0.05, 0) is 49.7 Å². The molecule has 2 N–H and O–H groups in total. The normalized spacial score (nSPS) is 21.1. The molecule has 0 spiro atoms. The smallest absolute Gasteiger partial charge is 0.317 e. The molecular formula is C20H32N2O2. The lowest BCUT2D eigenvalue weighted by Crippen LogP contribution is -2.42. The number of benzene rings is 1. The van der Waals surface area contributed by atoms with Crippen LogP contribution in [0.15, 0.2) is 24.3 Å². The third-order valence-corrected chi connectivity index (χ3v) is 5.20. The van der Waals surface area contributed by atoms with E-state index in [9.17, 15) is 9.90 Å². The van der Waals surface area contributed by atoms with Gasteiger partial charge in [-0.3, -0.25) is 0 Å². The highest BCUT2D eigenvalue weighted by Crippen LogP contribution is 2.33. The second kappa shape index (κ2) is 8.02. The fraction of sp³-hybridized carbons (Fsp3) is 0.650. The van der Waals surface area contributed by atoms with Crippen LogP contribution in [0.2, 0.25) is 0 Å². The van der Waals surface area contributed by atoms with E-state index in [4.69, 9.17) is 0 Å². The summed E-state index contributed by atoms with van der Waals surface area (Å²) >= 11 is 0. The number of amides is 2. The van der Waals surface area contributed by atoms with Crippen molar-refractivity contribution in [3.8, 4) is 0 Å². The highest BCUT2D eigenvalue weighted by Gasteiger charge is 2.33. The van der Waals surface area contributed by atoms with Crippen molar-refractivity contribution >= 4 is 6.03 Å². The number of hydrogen-bond acceptors (Lipinski definition) is 2. The molecule has 1 saturated heterocycles. The van der Waals surface area contributed by atoms with Crippen LogP contribution in [0.25, 0.3) is 0 Å². The van der Waals surface area contributed by atoms with Gasteiger partial charge in [-0.15, -0.1) is 0 Å². The van der Waals surface area contributed by atoms with Crippen LogP contribution in [0, 0.1) is 12.3 Å². The molecule has 0 aliphatic carbocycles. The third-order valence-electron chi connectivity index (χ3n) is 5.20. The van der Waals surface area contributed by atoms with Crippen LogP contribution in [0.5, 0.6) is 0 Å². The summed E-state index contributed by atoms with van der Waals surface area (Å²) in [6.45, 7) is 10.0. The van der Waals surface area contributed by atoms with Gasteiger partial charge in [0.25, 0.3) is 0 Å². The van der Waals surface area contributed by atoms with Crippen LogP contribution < -0.4 is 5.32 Å². The monoisotopic (exact) mass is 332 g/mol. The first-order valence-electron chi connectivity index (χ1n) is 9.05. The van der Waals surface area contributed by atoms with Crippen LogP contribution in [-0.2, 0) is 0 Å². The van der Waals surface area contributed by atoms with Gasteiger partial charge in [0.1, 0.15) is 0 Å². The standard InChI is InChI=1S/C20H32N2O2/c1-15-8-5-6-9-18(15)17-12-16(2)22(13-17)19(24)21-11-7-10-20(3,4)14-23/h5-6,8-9,16-17,23H,7,10-14H2,1-4H3,(H,21,24). The molecule has 4 nitrogen and oxygen atoms in total. The minimum Gasteiger partial charge on any atom is -0.396 e. The first kappa shape index (κ1) is 18.8. The Hall–Kier alpha value is -1.55. The lowest BCUT2D eigenvalue weighted by Gasteiger charge is -2.24. The average Bonchev–Trinajstić information content (AvgIpc) is 2.93. The van der Waals surface area contributed by atoms with Crippen LogP contribution in [0.3, 0.4) is 0 Å². The Balaban J connectivity index is 1.84. The maximum absolute atomic E-state index is 12.5. The number of carbonyl (C=O) groups is 1. The first-order chi connectivity index (χ1) is 11.3. The van der Waals surface area contributed by atoms with Gasteiger partial charge in [-0.25, -0.2) is 4.79 Å². The minimum atomic E-state index is -0.0679. The van der Waals surface area contributed by atoms with Gasteiger partial charge in [-0.2, -0.15) is 0 Å². The van der Waals surface area contributed by atoms with Crippen LogP contribution >= 0.6 is 0 Å². The molecule has 2 unspecified atom stereocenters. The molecule has 4 heteroatoms. The predicted octanol–water partition coefficient (Wildman–Crippen LogP) is 3.68. The minimum absolute atomic E-state index is 0.0420. The largest absolute Gasteiger partial charge is 0.396 e. The van der Waals surface area contributed by atoms with Crippen molar-refractivity contribution in [1.29, 1.82) is 0 Å². The average molecular weight is 332 g/mol. The van der Waals surface area contributed by atoms with Crippen LogP contribution in [-0.4, -0.2) is 41.8 Å². The molecular weight excluding hydrogens is 300 g/mol. The SMILES string of the molecule is Cc1ccccc1C1CC(C)N(C(=O)NCCCC(C)(C)CO)C1. The molecule has 24 heavy (non-hydrogen) atoms. The summed E-state index contributed by atoms with van der Waals surface area (Å²) in [6, 6.07) is 8.79. The van der Waals surface area contributed by atoms with Gasteiger partial charge in [0, 0.05) is 31.7 Å². The van der Waals surface area contributed by atoms with Gasteiger partial charge >= 0.3 is 6.03 Å². The molecule has 2 atom stereocenters. The quantitative estimate of drug-likeness (QED) is 0.781. The fourth-order valence-electron chi connectivity index (χ4n) is 3.53. The summed E-state index contributed by atoms with van der Waals surface area (Å²) in [4.78, 5) is 14.4. The van der Waals surface area contributed by atoms with E-state index in [1.165, 1.54) is 11.1 Å². The summed E-state index contributed by atoms with van der Waals surface area (Å²) in [7, 11) is 0. The maximum Gasteiger partial charge on any atom is 0.317 e. The van der Waals surface area contributed by atoms with Gasteiger partial charge in [-0.1, -0.05) is 38.1 Å². The molecule has 1 fully saturated rings. The number of aliphatic hydroxyl groups excluding tert-OH is 1. The molecule has 0 bridgehead atoms. The number of nitrogens with one attached hydrogen (secondary N) is 1. The van der Waals surface area contributed by atoms with Crippen LogP contribution in [0.4, 0.5) is 4.79 Å². The molecule has 0 saturated carbocycles. The number of aliphatic hydroxyl groups is 1. The predicted molar refractivity (Wildman–Crippen MR) is 98.2 cm³/mol. The Morgan fingerprint density at radius 3 is 2.75 bits per heavy atom. The third kappa shape index (κ3) is 4.73. The van der Waals surface area contributed by atoms with Crippen LogP contribution in [0.1, 0.15) is 57.1 Å². The second-order valence-electron chi connectivity index (χ2n) is 7.95. The van der Waals surface area contributed by atoms with Gasteiger partial charge < -0.3 is 15.3 Å². The summed E-state index contributed by atoms with van der Waals surface area (Å²) in [5.74, 6) is 0.431. The van der Waals surface area contributed by atoms with Crippen molar-refractivity contribution in [3.63, 3.8) is 0 Å². The Morgan fingerprint density at radius 1 is 1.38 bits per heavy atom.